The third-order valence-corrected chi connectivity index (χ3v) is 1.18. The van der Waals surface area contributed by atoms with Crippen molar-refractivity contribution in [3.63, 3.8) is 0 Å². The Bertz CT molecular complexity index is 159. The van der Waals surface area contributed by atoms with Crippen LogP contribution in [0.1, 0.15) is 13.3 Å². The number of rotatable bonds is 3. The van der Waals surface area contributed by atoms with Crippen LogP contribution in [0.5, 0.6) is 0 Å². The molecule has 0 bridgehead atoms. The second-order valence-corrected chi connectivity index (χ2v) is 3.24. The highest BCUT2D eigenvalue weighted by Crippen LogP contribution is 1.97. The van der Waals surface area contributed by atoms with E-state index in [0.717, 1.165) is 6.26 Å². The second-order valence-electron chi connectivity index (χ2n) is 1.64. The van der Waals surface area contributed by atoms with Crippen LogP contribution < -0.4 is 0 Å². The van der Waals surface area contributed by atoms with Gasteiger partial charge in [-0.05, 0) is 6.42 Å². The molecule has 1 unspecified atom stereocenters. The molecule has 0 aromatic rings. The van der Waals surface area contributed by atoms with Crippen molar-refractivity contribution in [1.82, 2.24) is 0 Å². The lowest BCUT2D eigenvalue weighted by Crippen LogP contribution is -2.13. The maximum Gasteiger partial charge on any atom is 0.266 e. The molecule has 0 fully saturated rings. The van der Waals surface area contributed by atoms with Crippen molar-refractivity contribution in [3.05, 3.63) is 0 Å². The Morgan fingerprint density at radius 2 is 2.00 bits per heavy atom. The molecule has 4 nitrogen and oxygen atoms in total. The minimum atomic E-state index is -3.55. The van der Waals surface area contributed by atoms with Gasteiger partial charge in [-0.25, -0.2) is 9.29 Å². The van der Waals surface area contributed by atoms with Gasteiger partial charge in [-0.15, -0.1) is 0 Å². The highest BCUT2D eigenvalue weighted by Gasteiger charge is 2.09. The summed E-state index contributed by atoms with van der Waals surface area (Å²) in [5.74, 6) is 0. The lowest BCUT2D eigenvalue weighted by molar-refractivity contribution is -0.0671. The van der Waals surface area contributed by atoms with Gasteiger partial charge in [0.05, 0.1) is 6.26 Å². The fourth-order valence-corrected chi connectivity index (χ4v) is 0.789. The molecule has 0 amide bonds. The van der Waals surface area contributed by atoms with Crippen molar-refractivity contribution in [1.29, 1.82) is 0 Å². The summed E-state index contributed by atoms with van der Waals surface area (Å²) < 4.78 is 24.4. The van der Waals surface area contributed by atoms with Crippen LogP contribution in [-0.2, 0) is 19.4 Å². The standard InChI is InChI=1S/C4H9O4S/c1-3-4(5)8-9(2,6)7/h4H,3H2,1-2H3. The van der Waals surface area contributed by atoms with Crippen molar-refractivity contribution in [3.8, 4) is 0 Å². The molecule has 0 saturated heterocycles. The quantitative estimate of drug-likeness (QED) is 0.427. The van der Waals surface area contributed by atoms with Gasteiger partial charge in [0.1, 0.15) is 0 Å². The molecule has 0 spiro atoms. The summed E-state index contributed by atoms with van der Waals surface area (Å²) in [6, 6.07) is 0. The van der Waals surface area contributed by atoms with Crippen molar-refractivity contribution >= 4 is 10.1 Å². The van der Waals surface area contributed by atoms with E-state index in [2.05, 4.69) is 4.18 Å². The van der Waals surface area contributed by atoms with Crippen LogP contribution in [0, 0.1) is 0 Å². The summed E-state index contributed by atoms with van der Waals surface area (Å²) in [4.78, 5) is 0. The van der Waals surface area contributed by atoms with Gasteiger partial charge >= 0.3 is 0 Å². The van der Waals surface area contributed by atoms with E-state index in [-0.39, 0.29) is 6.42 Å². The molecule has 0 N–H and O–H groups in total. The van der Waals surface area contributed by atoms with E-state index in [1.54, 1.807) is 6.92 Å². The molecule has 0 aromatic carbocycles. The first kappa shape index (κ1) is 8.87. The molecule has 5 heteroatoms. The number of hydrogen-bond acceptors (Lipinski definition) is 3. The van der Waals surface area contributed by atoms with Crippen molar-refractivity contribution in [2.75, 3.05) is 6.26 Å². The summed E-state index contributed by atoms with van der Waals surface area (Å²) in [6.07, 6.45) is -0.430. The van der Waals surface area contributed by atoms with E-state index in [4.69, 9.17) is 0 Å². The molecule has 0 rings (SSSR count). The molecule has 0 saturated carbocycles. The molecule has 1 atom stereocenters. The molecule has 0 aliphatic rings. The van der Waals surface area contributed by atoms with Gasteiger partial charge in [0, 0.05) is 0 Å². The van der Waals surface area contributed by atoms with Gasteiger partial charge in [0.2, 0.25) is 6.29 Å². The highest BCUT2D eigenvalue weighted by molar-refractivity contribution is 7.86. The van der Waals surface area contributed by atoms with Crippen LogP contribution in [0.15, 0.2) is 0 Å². The zero-order chi connectivity index (χ0) is 7.49. The third-order valence-electron chi connectivity index (χ3n) is 0.615. The second kappa shape index (κ2) is 3.14. The summed E-state index contributed by atoms with van der Waals surface area (Å²) in [7, 11) is -3.55. The molecule has 9 heavy (non-hydrogen) atoms. The predicted octanol–water partition coefficient (Wildman–Crippen LogP) is 0.129. The van der Waals surface area contributed by atoms with E-state index in [1.165, 1.54) is 0 Å². The Morgan fingerprint density at radius 3 is 2.11 bits per heavy atom. The van der Waals surface area contributed by atoms with Crippen LogP contribution in [0.4, 0.5) is 0 Å². The van der Waals surface area contributed by atoms with Gasteiger partial charge in [-0.2, -0.15) is 8.42 Å². The zero-order valence-corrected chi connectivity index (χ0v) is 6.14. The average molecular weight is 153 g/mol. The fraction of sp³-hybridized carbons (Fsp3) is 1.00. The molecular formula is C4H9O4S. The predicted molar refractivity (Wildman–Crippen MR) is 30.7 cm³/mol. The summed E-state index contributed by atoms with van der Waals surface area (Å²) in [5.41, 5.74) is 0. The lowest BCUT2D eigenvalue weighted by Gasteiger charge is -2.02. The Hall–Kier alpha value is -0.130. The van der Waals surface area contributed by atoms with Crippen LogP contribution in [0.25, 0.3) is 0 Å². The molecule has 0 aliphatic carbocycles. The molecular weight excluding hydrogens is 144 g/mol. The largest absolute Gasteiger partial charge is 0.266 e. The van der Waals surface area contributed by atoms with Crippen molar-refractivity contribution in [2.45, 2.75) is 19.6 Å². The minimum Gasteiger partial charge on any atom is -0.235 e. The molecule has 0 heterocycles. The Balaban J connectivity index is 3.75. The van der Waals surface area contributed by atoms with E-state index in [9.17, 15) is 13.5 Å². The lowest BCUT2D eigenvalue weighted by atomic mass is 10.5. The Labute approximate surface area is 54.6 Å². The monoisotopic (exact) mass is 153 g/mol. The van der Waals surface area contributed by atoms with Crippen LogP contribution in [0.3, 0.4) is 0 Å². The normalized spacial score (nSPS) is 15.4. The van der Waals surface area contributed by atoms with Crippen molar-refractivity contribution in [2.24, 2.45) is 0 Å². The van der Waals surface area contributed by atoms with Gasteiger partial charge in [0.15, 0.2) is 0 Å². The van der Waals surface area contributed by atoms with Crippen LogP contribution in [-0.4, -0.2) is 21.0 Å². The van der Waals surface area contributed by atoms with Crippen molar-refractivity contribution < 1.29 is 17.7 Å². The molecule has 0 aliphatic heterocycles. The fourth-order valence-electron chi connectivity index (χ4n) is 0.263. The molecule has 1 radical (unpaired) electrons. The van der Waals surface area contributed by atoms with Gasteiger partial charge in [-0.3, -0.25) is 0 Å². The third kappa shape index (κ3) is 5.75. The smallest absolute Gasteiger partial charge is 0.235 e. The van der Waals surface area contributed by atoms with E-state index in [1.807, 2.05) is 0 Å². The van der Waals surface area contributed by atoms with E-state index >= 15 is 0 Å². The van der Waals surface area contributed by atoms with Gasteiger partial charge < -0.3 is 0 Å². The van der Waals surface area contributed by atoms with Crippen LogP contribution in [0.2, 0.25) is 0 Å². The zero-order valence-electron chi connectivity index (χ0n) is 5.33. The summed E-state index contributed by atoms with van der Waals surface area (Å²) in [6.45, 7) is 1.56. The minimum absolute atomic E-state index is 0.160. The first-order valence-electron chi connectivity index (χ1n) is 2.50. The summed E-state index contributed by atoms with van der Waals surface area (Å²) >= 11 is 0. The van der Waals surface area contributed by atoms with Gasteiger partial charge in [-0.1, -0.05) is 6.92 Å². The Kier molecular flexibility index (Phi) is 3.10. The van der Waals surface area contributed by atoms with Gasteiger partial charge in [0.25, 0.3) is 10.1 Å². The van der Waals surface area contributed by atoms with E-state index < -0.39 is 16.4 Å². The topological polar surface area (TPSA) is 63.3 Å². The Morgan fingerprint density at radius 1 is 1.56 bits per heavy atom. The maximum absolute atomic E-state index is 10.3. The first-order chi connectivity index (χ1) is 3.95. The SMILES string of the molecule is CCC([O])OS(C)(=O)=O. The molecule has 55 valence electrons. The average Bonchev–Trinajstić information content (AvgIpc) is 1.62. The highest BCUT2D eigenvalue weighted by atomic mass is 32.2. The maximum atomic E-state index is 10.3. The summed E-state index contributed by atoms with van der Waals surface area (Å²) in [5, 5.41) is 10.3. The first-order valence-corrected chi connectivity index (χ1v) is 4.31. The van der Waals surface area contributed by atoms with E-state index in [0.29, 0.717) is 0 Å². The number of hydrogen-bond donors (Lipinski definition) is 0. The molecule has 0 aromatic heterocycles. The van der Waals surface area contributed by atoms with Crippen LogP contribution >= 0.6 is 0 Å².